The summed E-state index contributed by atoms with van der Waals surface area (Å²) in [7, 11) is 1.41. The third-order valence-electron chi connectivity index (χ3n) is 4.15. The molecule has 0 saturated carbocycles. The van der Waals surface area contributed by atoms with Crippen LogP contribution in [0.15, 0.2) is 35.3 Å². The molecule has 0 aliphatic carbocycles. The van der Waals surface area contributed by atoms with E-state index in [4.69, 9.17) is 4.74 Å². The van der Waals surface area contributed by atoms with E-state index in [0.717, 1.165) is 38.7 Å². The van der Waals surface area contributed by atoms with Gasteiger partial charge in [-0.25, -0.2) is 0 Å². The van der Waals surface area contributed by atoms with Crippen LogP contribution >= 0.6 is 24.0 Å². The van der Waals surface area contributed by atoms with E-state index in [1.54, 1.807) is 0 Å². The molecular formula is C18H29IN4O2. The smallest absolute Gasteiger partial charge is 0.310 e. The topological polar surface area (TPSA) is 57.2 Å². The SMILES string of the molecule is CCNC(=NCC(C)C(=O)OC)N1CCN(c2ccccc2)CC1.I. The van der Waals surface area contributed by atoms with Crippen molar-refractivity contribution in [1.82, 2.24) is 10.2 Å². The molecular weight excluding hydrogens is 431 g/mol. The van der Waals surface area contributed by atoms with Crippen LogP contribution < -0.4 is 10.2 Å². The van der Waals surface area contributed by atoms with E-state index in [2.05, 4.69) is 51.3 Å². The van der Waals surface area contributed by atoms with Gasteiger partial charge in [-0.1, -0.05) is 25.1 Å². The first-order chi connectivity index (χ1) is 11.7. The van der Waals surface area contributed by atoms with Crippen LogP contribution in [-0.2, 0) is 9.53 Å². The number of nitrogens with one attached hydrogen (secondary N) is 1. The summed E-state index contributed by atoms with van der Waals surface area (Å²) in [4.78, 5) is 20.8. The Bertz CT molecular complexity index is 545. The number of methoxy groups -OCH3 is 1. The Hall–Kier alpha value is -1.51. The minimum absolute atomic E-state index is 0. The van der Waals surface area contributed by atoms with Gasteiger partial charge in [0.15, 0.2) is 5.96 Å². The third kappa shape index (κ3) is 6.37. The van der Waals surface area contributed by atoms with Crippen molar-refractivity contribution in [3.63, 3.8) is 0 Å². The maximum Gasteiger partial charge on any atom is 0.310 e. The van der Waals surface area contributed by atoms with E-state index in [-0.39, 0.29) is 35.9 Å². The fourth-order valence-corrected chi connectivity index (χ4v) is 2.74. The Morgan fingerprint density at radius 2 is 1.88 bits per heavy atom. The zero-order valence-electron chi connectivity index (χ0n) is 15.3. The lowest BCUT2D eigenvalue weighted by Gasteiger charge is -2.37. The number of aliphatic imine (C=N–C) groups is 1. The number of anilines is 1. The average Bonchev–Trinajstić information content (AvgIpc) is 2.65. The second kappa shape index (κ2) is 11.2. The molecule has 0 amide bonds. The van der Waals surface area contributed by atoms with Crippen molar-refractivity contribution < 1.29 is 9.53 Å². The Morgan fingerprint density at radius 1 is 1.24 bits per heavy atom. The number of hydrogen-bond acceptors (Lipinski definition) is 4. The summed E-state index contributed by atoms with van der Waals surface area (Å²) in [5.74, 6) is 0.429. The Balaban J connectivity index is 0.00000312. The molecule has 25 heavy (non-hydrogen) atoms. The van der Waals surface area contributed by atoms with Gasteiger partial charge in [0.2, 0.25) is 0 Å². The van der Waals surface area contributed by atoms with Crippen LogP contribution in [0.2, 0.25) is 0 Å². The maximum atomic E-state index is 11.5. The van der Waals surface area contributed by atoms with E-state index in [9.17, 15) is 4.79 Å². The van der Waals surface area contributed by atoms with Gasteiger partial charge in [-0.2, -0.15) is 0 Å². The lowest BCUT2D eigenvalue weighted by Crippen LogP contribution is -2.52. The van der Waals surface area contributed by atoms with Crippen LogP contribution in [0.5, 0.6) is 0 Å². The van der Waals surface area contributed by atoms with E-state index in [0.29, 0.717) is 6.54 Å². The van der Waals surface area contributed by atoms with Gasteiger partial charge in [-0.3, -0.25) is 9.79 Å². The van der Waals surface area contributed by atoms with Crippen molar-refractivity contribution >= 4 is 41.6 Å². The quantitative estimate of drug-likeness (QED) is 0.316. The summed E-state index contributed by atoms with van der Waals surface area (Å²) in [6, 6.07) is 10.5. The molecule has 1 N–H and O–H groups in total. The highest BCUT2D eigenvalue weighted by atomic mass is 127. The van der Waals surface area contributed by atoms with Gasteiger partial charge in [0.1, 0.15) is 0 Å². The van der Waals surface area contributed by atoms with Crippen molar-refractivity contribution in [3.8, 4) is 0 Å². The molecule has 6 nitrogen and oxygen atoms in total. The van der Waals surface area contributed by atoms with Crippen molar-refractivity contribution in [2.45, 2.75) is 13.8 Å². The molecule has 1 heterocycles. The Morgan fingerprint density at radius 3 is 2.44 bits per heavy atom. The highest BCUT2D eigenvalue weighted by Gasteiger charge is 2.20. The standard InChI is InChI=1S/C18H28N4O2.HI/c1-4-19-18(20-14-15(2)17(23)24-3)22-12-10-21(11-13-22)16-8-6-5-7-9-16;/h5-9,15H,4,10-14H2,1-3H3,(H,19,20);1H. The molecule has 2 rings (SSSR count). The lowest BCUT2D eigenvalue weighted by molar-refractivity contribution is -0.144. The first-order valence-electron chi connectivity index (χ1n) is 8.56. The predicted molar refractivity (Wildman–Crippen MR) is 113 cm³/mol. The van der Waals surface area contributed by atoms with Gasteiger partial charge in [0.05, 0.1) is 19.6 Å². The third-order valence-corrected chi connectivity index (χ3v) is 4.15. The van der Waals surface area contributed by atoms with Crippen molar-refractivity contribution in [2.75, 3.05) is 51.3 Å². The Labute approximate surface area is 167 Å². The molecule has 1 unspecified atom stereocenters. The number of piperazine rings is 1. The molecule has 1 aliphatic heterocycles. The molecule has 1 aromatic carbocycles. The number of ether oxygens (including phenoxy) is 1. The maximum absolute atomic E-state index is 11.5. The zero-order valence-corrected chi connectivity index (χ0v) is 17.6. The largest absolute Gasteiger partial charge is 0.469 e. The van der Waals surface area contributed by atoms with Crippen LogP contribution in [0, 0.1) is 5.92 Å². The normalized spacial score (nSPS) is 16.0. The molecule has 1 fully saturated rings. The number of benzene rings is 1. The number of rotatable bonds is 5. The molecule has 7 heteroatoms. The molecule has 0 radical (unpaired) electrons. The predicted octanol–water partition coefficient (Wildman–Crippen LogP) is 2.20. The molecule has 0 aromatic heterocycles. The van der Waals surface area contributed by atoms with Gasteiger partial charge in [0.25, 0.3) is 0 Å². The van der Waals surface area contributed by atoms with Gasteiger partial charge in [-0.05, 0) is 19.1 Å². The molecule has 1 atom stereocenters. The molecule has 1 aliphatic rings. The first-order valence-corrected chi connectivity index (χ1v) is 8.56. The minimum Gasteiger partial charge on any atom is -0.469 e. The number of hydrogen-bond donors (Lipinski definition) is 1. The summed E-state index contributed by atoms with van der Waals surface area (Å²) >= 11 is 0. The zero-order chi connectivity index (χ0) is 17.4. The molecule has 1 saturated heterocycles. The summed E-state index contributed by atoms with van der Waals surface area (Å²) in [6.07, 6.45) is 0. The second-order valence-corrected chi connectivity index (χ2v) is 5.93. The molecule has 1 aromatic rings. The second-order valence-electron chi connectivity index (χ2n) is 5.93. The van der Waals surface area contributed by atoms with Gasteiger partial charge >= 0.3 is 5.97 Å². The fourth-order valence-electron chi connectivity index (χ4n) is 2.74. The molecule has 140 valence electrons. The lowest BCUT2D eigenvalue weighted by atomic mass is 10.2. The van der Waals surface area contributed by atoms with Crippen molar-refractivity contribution in [3.05, 3.63) is 30.3 Å². The highest BCUT2D eigenvalue weighted by Crippen LogP contribution is 2.15. The van der Waals surface area contributed by atoms with Gasteiger partial charge in [-0.15, -0.1) is 24.0 Å². The van der Waals surface area contributed by atoms with E-state index < -0.39 is 0 Å². The van der Waals surface area contributed by atoms with Crippen molar-refractivity contribution in [1.29, 1.82) is 0 Å². The van der Waals surface area contributed by atoms with E-state index in [1.165, 1.54) is 12.8 Å². The molecule has 0 bridgehead atoms. The summed E-state index contributed by atoms with van der Waals surface area (Å²) in [6.45, 7) is 8.88. The monoisotopic (exact) mass is 460 g/mol. The number of guanidine groups is 1. The number of carbonyl (C=O) groups is 1. The van der Waals surface area contributed by atoms with Crippen LogP contribution in [-0.4, -0.2) is 63.2 Å². The van der Waals surface area contributed by atoms with Gasteiger partial charge < -0.3 is 19.9 Å². The number of nitrogens with zero attached hydrogens (tertiary/aromatic N) is 3. The number of carbonyl (C=O) groups excluding carboxylic acids is 1. The summed E-state index contributed by atoms with van der Waals surface area (Å²) in [5.41, 5.74) is 1.26. The van der Waals surface area contributed by atoms with E-state index >= 15 is 0 Å². The average molecular weight is 460 g/mol. The number of halogens is 1. The van der Waals surface area contributed by atoms with E-state index in [1.807, 2.05) is 13.0 Å². The van der Waals surface area contributed by atoms with Crippen LogP contribution in [0.4, 0.5) is 5.69 Å². The Kier molecular flexibility index (Phi) is 9.62. The van der Waals surface area contributed by atoms with Crippen LogP contribution in [0.3, 0.4) is 0 Å². The minimum atomic E-state index is -0.228. The van der Waals surface area contributed by atoms with Crippen LogP contribution in [0.25, 0.3) is 0 Å². The number of esters is 1. The van der Waals surface area contributed by atoms with Crippen molar-refractivity contribution in [2.24, 2.45) is 10.9 Å². The van der Waals surface area contributed by atoms with Crippen LogP contribution in [0.1, 0.15) is 13.8 Å². The molecule has 0 spiro atoms. The number of para-hydroxylation sites is 1. The summed E-state index contributed by atoms with van der Waals surface area (Å²) in [5, 5.41) is 3.32. The first kappa shape index (κ1) is 21.5. The van der Waals surface area contributed by atoms with Gasteiger partial charge in [0, 0.05) is 38.4 Å². The summed E-state index contributed by atoms with van der Waals surface area (Å²) < 4.78 is 4.76. The fraction of sp³-hybridized carbons (Fsp3) is 0.556. The highest BCUT2D eigenvalue weighted by molar-refractivity contribution is 14.0.